The highest BCUT2D eigenvalue weighted by Gasteiger charge is 2.43. The quantitative estimate of drug-likeness (QED) is 0.505. The summed E-state index contributed by atoms with van der Waals surface area (Å²) >= 11 is 1.01. The molecule has 0 radical (unpaired) electrons. The van der Waals surface area contributed by atoms with Crippen LogP contribution in [0.15, 0.2) is 17.6 Å². The second-order valence-electron chi connectivity index (χ2n) is 7.93. The van der Waals surface area contributed by atoms with Crippen LogP contribution >= 0.6 is 11.8 Å². The van der Waals surface area contributed by atoms with Crippen LogP contribution in [0, 0.1) is 11.3 Å². The van der Waals surface area contributed by atoms with Crippen LogP contribution in [0.2, 0.25) is 0 Å². The molecule has 6 nitrogen and oxygen atoms in total. The van der Waals surface area contributed by atoms with Crippen molar-refractivity contribution in [3.05, 3.63) is 12.4 Å². The number of ether oxygens (including phenoxy) is 1. The van der Waals surface area contributed by atoms with Crippen LogP contribution in [0.4, 0.5) is 4.79 Å². The molecule has 1 atom stereocenters. The number of thioether (sulfide) groups is 1. The third-order valence-electron chi connectivity index (χ3n) is 5.01. The molecule has 0 fully saturated rings. The molecule has 1 N–H and O–H groups in total. The van der Waals surface area contributed by atoms with E-state index in [-0.39, 0.29) is 29.6 Å². The SMILES string of the molecule is CCC(C)(C)C(C)(CC(C)C)OC(=O)CCNC(=O)Sc1nccn1C. The Labute approximate surface area is 161 Å². The highest BCUT2D eigenvalue weighted by Crippen LogP contribution is 2.41. The first-order chi connectivity index (χ1) is 12.0. The van der Waals surface area contributed by atoms with Gasteiger partial charge >= 0.3 is 5.97 Å². The Morgan fingerprint density at radius 2 is 2.00 bits per heavy atom. The number of amides is 1. The van der Waals surface area contributed by atoms with E-state index in [1.54, 1.807) is 17.0 Å². The van der Waals surface area contributed by atoms with E-state index in [1.807, 2.05) is 14.0 Å². The van der Waals surface area contributed by atoms with Gasteiger partial charge in [0.2, 0.25) is 0 Å². The summed E-state index contributed by atoms with van der Waals surface area (Å²) in [5.41, 5.74) is -0.650. The van der Waals surface area contributed by atoms with Crippen LogP contribution in [0.5, 0.6) is 0 Å². The first kappa shape index (κ1) is 22.5. The van der Waals surface area contributed by atoms with Gasteiger partial charge in [-0.05, 0) is 25.7 Å². The van der Waals surface area contributed by atoms with Crippen molar-refractivity contribution < 1.29 is 14.3 Å². The molecule has 148 valence electrons. The largest absolute Gasteiger partial charge is 0.459 e. The predicted octanol–water partition coefficient (Wildman–Crippen LogP) is 4.40. The van der Waals surface area contributed by atoms with Crippen LogP contribution in [-0.4, -0.2) is 32.9 Å². The molecule has 7 heteroatoms. The van der Waals surface area contributed by atoms with Crippen molar-refractivity contribution >= 4 is 23.0 Å². The summed E-state index contributed by atoms with van der Waals surface area (Å²) in [7, 11) is 1.82. The minimum atomic E-state index is -0.529. The number of nitrogens with one attached hydrogen (secondary N) is 1. The molecule has 0 aliphatic rings. The van der Waals surface area contributed by atoms with E-state index in [0.29, 0.717) is 11.1 Å². The maximum absolute atomic E-state index is 12.4. The molecule has 1 heterocycles. The zero-order valence-corrected chi connectivity index (χ0v) is 17.9. The van der Waals surface area contributed by atoms with Crippen molar-refractivity contribution in [2.24, 2.45) is 18.4 Å². The summed E-state index contributed by atoms with van der Waals surface area (Å²) < 4.78 is 7.66. The minimum absolute atomic E-state index is 0.121. The number of carbonyl (C=O) groups excluding carboxylic acids is 2. The molecule has 0 aromatic carbocycles. The molecule has 1 unspecified atom stereocenters. The van der Waals surface area contributed by atoms with Gasteiger partial charge in [-0.3, -0.25) is 9.59 Å². The molecule has 0 saturated carbocycles. The Bertz CT molecular complexity index is 613. The van der Waals surface area contributed by atoms with Crippen molar-refractivity contribution in [3.63, 3.8) is 0 Å². The van der Waals surface area contributed by atoms with Crippen LogP contribution in [0.25, 0.3) is 0 Å². The van der Waals surface area contributed by atoms with E-state index < -0.39 is 5.60 Å². The highest BCUT2D eigenvalue weighted by atomic mass is 32.2. The fourth-order valence-corrected chi connectivity index (χ4v) is 3.41. The van der Waals surface area contributed by atoms with Crippen molar-refractivity contribution in [2.45, 2.75) is 71.6 Å². The average Bonchev–Trinajstić information content (AvgIpc) is 2.91. The normalized spacial score (nSPS) is 14.2. The predicted molar refractivity (Wildman–Crippen MR) is 105 cm³/mol. The Kier molecular flexibility index (Phi) is 8.18. The Hall–Kier alpha value is -1.50. The van der Waals surface area contributed by atoms with E-state index in [0.717, 1.165) is 24.6 Å². The summed E-state index contributed by atoms with van der Waals surface area (Å²) in [5, 5.41) is 3.11. The molecule has 1 aromatic rings. The summed E-state index contributed by atoms with van der Waals surface area (Å²) in [5.74, 6) is 0.143. The van der Waals surface area contributed by atoms with Gasteiger partial charge in [-0.25, -0.2) is 4.98 Å². The van der Waals surface area contributed by atoms with Crippen LogP contribution < -0.4 is 5.32 Å². The van der Waals surface area contributed by atoms with Gasteiger partial charge < -0.3 is 14.6 Å². The molecule has 0 saturated heterocycles. The number of hydrogen-bond acceptors (Lipinski definition) is 5. The highest BCUT2D eigenvalue weighted by molar-refractivity contribution is 8.13. The molecule has 0 bridgehead atoms. The van der Waals surface area contributed by atoms with Crippen molar-refractivity contribution in [1.29, 1.82) is 0 Å². The first-order valence-electron chi connectivity index (χ1n) is 9.15. The lowest BCUT2D eigenvalue weighted by Crippen LogP contribution is -2.47. The Balaban J connectivity index is 2.53. The number of carbonyl (C=O) groups is 2. The maximum atomic E-state index is 12.4. The minimum Gasteiger partial charge on any atom is -0.459 e. The number of rotatable bonds is 9. The van der Waals surface area contributed by atoms with Gasteiger partial charge in [-0.15, -0.1) is 0 Å². The van der Waals surface area contributed by atoms with Crippen molar-refractivity contribution in [3.8, 4) is 0 Å². The first-order valence-corrected chi connectivity index (χ1v) is 9.97. The summed E-state index contributed by atoms with van der Waals surface area (Å²) in [4.78, 5) is 28.4. The van der Waals surface area contributed by atoms with Crippen LogP contribution in [0.1, 0.15) is 60.8 Å². The van der Waals surface area contributed by atoms with Crippen LogP contribution in [0.3, 0.4) is 0 Å². The number of aryl methyl sites for hydroxylation is 1. The van der Waals surface area contributed by atoms with E-state index >= 15 is 0 Å². The van der Waals surface area contributed by atoms with E-state index in [1.165, 1.54) is 0 Å². The van der Waals surface area contributed by atoms with E-state index in [2.05, 4.69) is 44.9 Å². The zero-order chi connectivity index (χ0) is 20.0. The van der Waals surface area contributed by atoms with Crippen molar-refractivity contribution in [1.82, 2.24) is 14.9 Å². The third-order valence-corrected chi connectivity index (χ3v) is 5.92. The van der Waals surface area contributed by atoms with Gasteiger partial charge in [0, 0.05) is 43.2 Å². The van der Waals surface area contributed by atoms with Gasteiger partial charge in [-0.2, -0.15) is 0 Å². The smallest absolute Gasteiger partial charge is 0.308 e. The van der Waals surface area contributed by atoms with E-state index in [4.69, 9.17) is 4.74 Å². The molecular formula is C19H33N3O3S. The summed E-state index contributed by atoms with van der Waals surface area (Å²) in [6.07, 6.45) is 5.29. The lowest BCUT2D eigenvalue weighted by molar-refractivity contribution is -0.174. The van der Waals surface area contributed by atoms with Gasteiger partial charge in [0.25, 0.3) is 5.24 Å². The third kappa shape index (κ3) is 6.34. The summed E-state index contributed by atoms with van der Waals surface area (Å²) in [6.45, 7) is 12.9. The second-order valence-corrected chi connectivity index (χ2v) is 8.87. The van der Waals surface area contributed by atoms with Gasteiger partial charge in [0.1, 0.15) is 5.60 Å². The van der Waals surface area contributed by atoms with Crippen LogP contribution in [-0.2, 0) is 16.6 Å². The van der Waals surface area contributed by atoms with Gasteiger partial charge in [0.05, 0.1) is 6.42 Å². The van der Waals surface area contributed by atoms with E-state index in [9.17, 15) is 9.59 Å². The maximum Gasteiger partial charge on any atom is 0.308 e. The summed E-state index contributed by atoms with van der Waals surface area (Å²) in [6, 6.07) is 0. The lowest BCUT2D eigenvalue weighted by atomic mass is 9.70. The van der Waals surface area contributed by atoms with Gasteiger partial charge in [-0.1, -0.05) is 34.6 Å². The standard InChI is InChI=1S/C19H33N3O3S/c1-8-18(4,5)19(6,13-14(2)3)25-15(23)9-10-21-17(24)26-16-20-11-12-22(16)7/h11-12,14H,8-10,13H2,1-7H3,(H,21,24). The van der Waals surface area contributed by atoms with Gasteiger partial charge in [0.15, 0.2) is 5.16 Å². The molecule has 0 aliphatic carbocycles. The molecular weight excluding hydrogens is 350 g/mol. The number of imidazole rings is 1. The average molecular weight is 384 g/mol. The van der Waals surface area contributed by atoms with Crippen molar-refractivity contribution in [2.75, 3.05) is 6.54 Å². The fourth-order valence-electron chi connectivity index (χ4n) is 2.75. The fraction of sp³-hybridized carbons (Fsp3) is 0.737. The molecule has 26 heavy (non-hydrogen) atoms. The number of aromatic nitrogens is 2. The number of esters is 1. The number of nitrogens with zero attached hydrogens (tertiary/aromatic N) is 2. The lowest BCUT2D eigenvalue weighted by Gasteiger charge is -2.44. The Morgan fingerprint density at radius 1 is 1.35 bits per heavy atom. The second kappa shape index (κ2) is 9.44. The molecule has 1 amide bonds. The topological polar surface area (TPSA) is 73.2 Å². The molecule has 1 aromatic heterocycles. The molecule has 1 rings (SSSR count). The molecule has 0 aliphatic heterocycles. The molecule has 0 spiro atoms. The number of hydrogen-bond donors (Lipinski definition) is 1. The monoisotopic (exact) mass is 383 g/mol. The zero-order valence-electron chi connectivity index (χ0n) is 17.1. The Morgan fingerprint density at radius 3 is 2.50 bits per heavy atom.